The van der Waals surface area contributed by atoms with Crippen LogP contribution < -0.4 is 11.1 Å². The number of hydrogen-bond donors (Lipinski definition) is 2. The second kappa shape index (κ2) is 5.11. The Morgan fingerprint density at radius 1 is 1.39 bits per heavy atom. The maximum Gasteiger partial charge on any atom is 0.222 e. The van der Waals surface area contributed by atoms with Gasteiger partial charge in [0, 0.05) is 12.0 Å². The third kappa shape index (κ3) is 3.84. The van der Waals surface area contributed by atoms with E-state index in [1.165, 1.54) is 18.4 Å². The summed E-state index contributed by atoms with van der Waals surface area (Å²) in [7, 11) is 0. The second-order valence-corrected chi connectivity index (χ2v) is 5.96. The Hall–Kier alpha value is -1.35. The average molecular weight is 246 g/mol. The summed E-state index contributed by atoms with van der Waals surface area (Å²) in [4.78, 5) is 12.0. The lowest BCUT2D eigenvalue weighted by atomic mass is 9.99. The molecule has 0 spiro atoms. The van der Waals surface area contributed by atoms with Crippen molar-refractivity contribution in [3.8, 4) is 0 Å². The Morgan fingerprint density at radius 3 is 2.50 bits per heavy atom. The zero-order chi connectivity index (χ0) is 13.2. The minimum atomic E-state index is -0.450. The summed E-state index contributed by atoms with van der Waals surface area (Å²) in [5, 5.41) is 3.13. The van der Waals surface area contributed by atoms with E-state index in [0.29, 0.717) is 12.3 Å². The van der Waals surface area contributed by atoms with Gasteiger partial charge >= 0.3 is 0 Å². The van der Waals surface area contributed by atoms with Gasteiger partial charge in [-0.15, -0.1) is 0 Å². The first-order valence-electron chi connectivity index (χ1n) is 6.59. The number of amides is 1. The Balaban J connectivity index is 2.02. The molecule has 1 saturated carbocycles. The van der Waals surface area contributed by atoms with Crippen LogP contribution in [0.2, 0.25) is 0 Å². The van der Waals surface area contributed by atoms with Crippen molar-refractivity contribution < 1.29 is 4.79 Å². The Kier molecular flexibility index (Phi) is 3.71. The van der Waals surface area contributed by atoms with E-state index in [4.69, 9.17) is 5.73 Å². The van der Waals surface area contributed by atoms with Crippen LogP contribution in [0.25, 0.3) is 0 Å². The molecule has 0 heterocycles. The van der Waals surface area contributed by atoms with Crippen molar-refractivity contribution in [2.24, 2.45) is 11.7 Å². The van der Waals surface area contributed by atoms with E-state index in [-0.39, 0.29) is 11.9 Å². The number of rotatable bonds is 5. The third-order valence-corrected chi connectivity index (χ3v) is 3.18. The lowest BCUT2D eigenvalue weighted by Crippen LogP contribution is -2.40. The SMILES string of the molecule is CC(C)(N)CC(=O)NC(c1ccccc1)C1CC1. The minimum Gasteiger partial charge on any atom is -0.349 e. The fourth-order valence-corrected chi connectivity index (χ4v) is 2.20. The van der Waals surface area contributed by atoms with Crippen LogP contribution in [0.3, 0.4) is 0 Å². The number of carbonyl (C=O) groups is 1. The van der Waals surface area contributed by atoms with Crippen LogP contribution in [0.4, 0.5) is 0 Å². The molecule has 0 radical (unpaired) electrons. The van der Waals surface area contributed by atoms with Crippen LogP contribution in [-0.2, 0) is 4.79 Å². The molecule has 1 aliphatic rings. The molecule has 98 valence electrons. The van der Waals surface area contributed by atoms with Crippen molar-refractivity contribution >= 4 is 5.91 Å². The van der Waals surface area contributed by atoms with Gasteiger partial charge in [-0.05, 0) is 38.2 Å². The van der Waals surface area contributed by atoms with Crippen molar-refractivity contribution in [2.75, 3.05) is 0 Å². The normalized spacial score (nSPS) is 17.3. The van der Waals surface area contributed by atoms with E-state index in [9.17, 15) is 4.79 Å². The molecule has 2 rings (SSSR count). The zero-order valence-electron chi connectivity index (χ0n) is 11.1. The summed E-state index contributed by atoms with van der Waals surface area (Å²) in [5.41, 5.74) is 6.63. The van der Waals surface area contributed by atoms with E-state index < -0.39 is 5.54 Å². The highest BCUT2D eigenvalue weighted by atomic mass is 16.1. The molecular weight excluding hydrogens is 224 g/mol. The van der Waals surface area contributed by atoms with Gasteiger partial charge in [-0.25, -0.2) is 0 Å². The monoisotopic (exact) mass is 246 g/mol. The van der Waals surface area contributed by atoms with Crippen molar-refractivity contribution in [2.45, 2.75) is 44.7 Å². The summed E-state index contributed by atoms with van der Waals surface area (Å²) in [6.07, 6.45) is 2.76. The first-order chi connectivity index (χ1) is 8.46. The molecule has 0 aromatic heterocycles. The highest BCUT2D eigenvalue weighted by Crippen LogP contribution is 2.41. The van der Waals surface area contributed by atoms with Crippen LogP contribution in [-0.4, -0.2) is 11.4 Å². The Labute approximate surface area is 109 Å². The number of carbonyl (C=O) groups excluding carboxylic acids is 1. The van der Waals surface area contributed by atoms with Gasteiger partial charge in [0.25, 0.3) is 0 Å². The average Bonchev–Trinajstić information content (AvgIpc) is 3.08. The zero-order valence-corrected chi connectivity index (χ0v) is 11.1. The van der Waals surface area contributed by atoms with Gasteiger partial charge in [0.1, 0.15) is 0 Å². The van der Waals surface area contributed by atoms with Crippen LogP contribution in [0, 0.1) is 5.92 Å². The molecule has 1 atom stereocenters. The summed E-state index contributed by atoms with van der Waals surface area (Å²) in [6, 6.07) is 10.3. The van der Waals surface area contributed by atoms with Gasteiger partial charge in [0.05, 0.1) is 6.04 Å². The van der Waals surface area contributed by atoms with Crippen LogP contribution in [0.15, 0.2) is 30.3 Å². The lowest BCUT2D eigenvalue weighted by Gasteiger charge is -2.22. The molecule has 1 unspecified atom stereocenters. The van der Waals surface area contributed by atoms with Crippen molar-refractivity contribution in [3.63, 3.8) is 0 Å². The van der Waals surface area contributed by atoms with Gasteiger partial charge in [-0.2, -0.15) is 0 Å². The molecule has 3 nitrogen and oxygen atoms in total. The molecule has 1 aliphatic carbocycles. The number of nitrogens with one attached hydrogen (secondary N) is 1. The summed E-state index contributed by atoms with van der Waals surface area (Å²) < 4.78 is 0. The topological polar surface area (TPSA) is 55.1 Å². The molecule has 0 saturated heterocycles. The summed E-state index contributed by atoms with van der Waals surface area (Å²) in [6.45, 7) is 3.75. The predicted molar refractivity (Wildman–Crippen MR) is 72.9 cm³/mol. The number of benzene rings is 1. The Bertz CT molecular complexity index is 404. The maximum absolute atomic E-state index is 12.0. The molecule has 0 aliphatic heterocycles. The van der Waals surface area contributed by atoms with Gasteiger partial charge < -0.3 is 11.1 Å². The van der Waals surface area contributed by atoms with Crippen molar-refractivity contribution in [3.05, 3.63) is 35.9 Å². The lowest BCUT2D eigenvalue weighted by molar-refractivity contribution is -0.122. The van der Waals surface area contributed by atoms with Gasteiger partial charge in [-0.1, -0.05) is 30.3 Å². The number of nitrogens with two attached hydrogens (primary N) is 1. The van der Waals surface area contributed by atoms with E-state index in [2.05, 4.69) is 17.4 Å². The fourth-order valence-electron chi connectivity index (χ4n) is 2.20. The minimum absolute atomic E-state index is 0.0447. The van der Waals surface area contributed by atoms with E-state index in [1.807, 2.05) is 32.0 Å². The Morgan fingerprint density at radius 2 is 2.00 bits per heavy atom. The number of hydrogen-bond acceptors (Lipinski definition) is 2. The van der Waals surface area contributed by atoms with E-state index in [1.54, 1.807) is 0 Å². The van der Waals surface area contributed by atoms with Crippen LogP contribution in [0.5, 0.6) is 0 Å². The third-order valence-electron chi connectivity index (χ3n) is 3.18. The fraction of sp³-hybridized carbons (Fsp3) is 0.533. The van der Waals surface area contributed by atoms with E-state index in [0.717, 1.165) is 0 Å². The molecule has 3 heteroatoms. The first-order valence-corrected chi connectivity index (χ1v) is 6.59. The van der Waals surface area contributed by atoms with Crippen LogP contribution >= 0.6 is 0 Å². The molecule has 3 N–H and O–H groups in total. The van der Waals surface area contributed by atoms with E-state index >= 15 is 0 Å². The van der Waals surface area contributed by atoms with Crippen molar-refractivity contribution in [1.82, 2.24) is 5.32 Å². The van der Waals surface area contributed by atoms with Gasteiger partial charge in [0.15, 0.2) is 0 Å². The molecule has 0 bridgehead atoms. The summed E-state index contributed by atoms with van der Waals surface area (Å²) in [5.74, 6) is 0.639. The predicted octanol–water partition coefficient (Wildman–Crippen LogP) is 2.38. The second-order valence-electron chi connectivity index (χ2n) is 5.96. The molecular formula is C15H22N2O. The molecule has 1 amide bonds. The maximum atomic E-state index is 12.0. The molecule has 18 heavy (non-hydrogen) atoms. The van der Waals surface area contributed by atoms with Gasteiger partial charge in [-0.3, -0.25) is 4.79 Å². The molecule has 1 aromatic rings. The van der Waals surface area contributed by atoms with Crippen LogP contribution in [0.1, 0.15) is 44.7 Å². The molecule has 1 aromatic carbocycles. The highest BCUT2D eigenvalue weighted by Gasteiger charge is 2.33. The molecule has 1 fully saturated rings. The van der Waals surface area contributed by atoms with Crippen molar-refractivity contribution in [1.29, 1.82) is 0 Å². The summed E-state index contributed by atoms with van der Waals surface area (Å²) >= 11 is 0. The smallest absolute Gasteiger partial charge is 0.222 e. The highest BCUT2D eigenvalue weighted by molar-refractivity contribution is 5.77. The quantitative estimate of drug-likeness (QED) is 0.838. The standard InChI is InChI=1S/C15H22N2O/c1-15(2,16)10-13(18)17-14(12-8-9-12)11-6-4-3-5-7-11/h3-7,12,14H,8-10,16H2,1-2H3,(H,17,18). The van der Waals surface area contributed by atoms with Gasteiger partial charge in [0.2, 0.25) is 5.91 Å². The first kappa shape index (κ1) is 13.1. The largest absolute Gasteiger partial charge is 0.349 e.